The Labute approximate surface area is 114 Å². The molecule has 1 heterocycles. The number of rotatable bonds is 6. The Hall–Kier alpha value is -1.81. The van der Waals surface area contributed by atoms with E-state index in [1.54, 1.807) is 7.11 Å². The third kappa shape index (κ3) is 3.35. The normalized spacial score (nSPS) is 12.4. The number of para-hydroxylation sites is 1. The number of aromatic nitrogens is 2. The van der Waals surface area contributed by atoms with E-state index in [0.29, 0.717) is 6.61 Å². The van der Waals surface area contributed by atoms with Gasteiger partial charge >= 0.3 is 0 Å². The van der Waals surface area contributed by atoms with Crippen molar-refractivity contribution in [2.75, 3.05) is 12.4 Å². The first kappa shape index (κ1) is 13.6. The predicted molar refractivity (Wildman–Crippen MR) is 77.1 cm³/mol. The van der Waals surface area contributed by atoms with Gasteiger partial charge in [0.25, 0.3) is 0 Å². The average molecular weight is 259 g/mol. The van der Waals surface area contributed by atoms with Gasteiger partial charge in [-0.1, -0.05) is 18.2 Å². The Morgan fingerprint density at radius 2 is 2.16 bits per heavy atom. The van der Waals surface area contributed by atoms with Crippen LogP contribution in [0, 0.1) is 0 Å². The number of methoxy groups -OCH3 is 1. The van der Waals surface area contributed by atoms with Crippen LogP contribution in [0.5, 0.6) is 0 Å². The number of nitrogens with one attached hydrogen (secondary N) is 1. The summed E-state index contributed by atoms with van der Waals surface area (Å²) in [6, 6.07) is 8.44. The number of benzene rings is 1. The lowest BCUT2D eigenvalue weighted by Crippen LogP contribution is -2.08. The predicted octanol–water partition coefficient (Wildman–Crippen LogP) is 3.22. The smallest absolute Gasteiger partial charge is 0.0733 e. The summed E-state index contributed by atoms with van der Waals surface area (Å²) in [5.74, 6) is 0. The molecule has 1 atom stereocenters. The highest BCUT2D eigenvalue weighted by Crippen LogP contribution is 2.22. The minimum absolute atomic E-state index is 0.221. The van der Waals surface area contributed by atoms with E-state index in [-0.39, 0.29) is 6.04 Å². The second-order valence-corrected chi connectivity index (χ2v) is 4.59. The third-order valence-electron chi connectivity index (χ3n) is 3.17. The summed E-state index contributed by atoms with van der Waals surface area (Å²) in [6.07, 6.45) is 4.00. The van der Waals surface area contributed by atoms with Crippen LogP contribution < -0.4 is 5.32 Å². The zero-order valence-electron chi connectivity index (χ0n) is 11.8. The van der Waals surface area contributed by atoms with E-state index in [1.165, 1.54) is 11.1 Å². The van der Waals surface area contributed by atoms with Crippen LogP contribution in [0.25, 0.3) is 0 Å². The molecule has 0 aliphatic heterocycles. The Kier molecular flexibility index (Phi) is 4.58. The van der Waals surface area contributed by atoms with E-state index in [2.05, 4.69) is 42.6 Å². The highest BCUT2D eigenvalue weighted by molar-refractivity contribution is 5.52. The van der Waals surface area contributed by atoms with E-state index in [1.807, 2.05) is 23.0 Å². The summed E-state index contributed by atoms with van der Waals surface area (Å²) >= 11 is 0. The van der Waals surface area contributed by atoms with Crippen LogP contribution in [-0.4, -0.2) is 16.9 Å². The molecule has 0 saturated carbocycles. The average Bonchev–Trinajstić information content (AvgIpc) is 2.90. The standard InChI is InChI=1S/C15H21N3O/c1-4-18-10-14(9-16-18)12(2)17-15-8-6-5-7-13(15)11-19-3/h5-10,12,17H,4,11H2,1-3H3. The highest BCUT2D eigenvalue weighted by atomic mass is 16.5. The number of aryl methyl sites for hydroxylation is 1. The minimum atomic E-state index is 0.221. The van der Waals surface area contributed by atoms with Crippen molar-refractivity contribution in [3.8, 4) is 0 Å². The van der Waals surface area contributed by atoms with Crippen molar-refractivity contribution in [1.29, 1.82) is 0 Å². The lowest BCUT2D eigenvalue weighted by atomic mass is 10.1. The lowest BCUT2D eigenvalue weighted by molar-refractivity contribution is 0.185. The maximum atomic E-state index is 5.22. The fourth-order valence-electron chi connectivity index (χ4n) is 2.04. The molecular weight excluding hydrogens is 238 g/mol. The summed E-state index contributed by atoms with van der Waals surface area (Å²) in [4.78, 5) is 0. The molecule has 1 unspecified atom stereocenters. The molecule has 1 N–H and O–H groups in total. The van der Waals surface area contributed by atoms with Crippen LogP contribution >= 0.6 is 0 Å². The first-order valence-electron chi connectivity index (χ1n) is 6.60. The summed E-state index contributed by atoms with van der Waals surface area (Å²) in [7, 11) is 1.71. The van der Waals surface area contributed by atoms with E-state index in [9.17, 15) is 0 Å². The SMILES string of the molecule is CCn1cc(C(C)Nc2ccccc2COC)cn1. The monoisotopic (exact) mass is 259 g/mol. The zero-order valence-corrected chi connectivity index (χ0v) is 11.8. The second kappa shape index (κ2) is 6.38. The summed E-state index contributed by atoms with van der Waals surface area (Å²) in [5, 5.41) is 7.82. The van der Waals surface area contributed by atoms with Gasteiger partial charge in [0.15, 0.2) is 0 Å². The van der Waals surface area contributed by atoms with Crippen molar-refractivity contribution in [1.82, 2.24) is 9.78 Å². The van der Waals surface area contributed by atoms with E-state index < -0.39 is 0 Å². The molecule has 0 fully saturated rings. The fourth-order valence-corrected chi connectivity index (χ4v) is 2.04. The topological polar surface area (TPSA) is 39.1 Å². The molecule has 102 valence electrons. The van der Waals surface area contributed by atoms with Crippen molar-refractivity contribution < 1.29 is 4.74 Å². The van der Waals surface area contributed by atoms with Crippen molar-refractivity contribution in [3.63, 3.8) is 0 Å². The number of hydrogen-bond acceptors (Lipinski definition) is 3. The van der Waals surface area contributed by atoms with Crippen LogP contribution in [-0.2, 0) is 17.9 Å². The second-order valence-electron chi connectivity index (χ2n) is 4.59. The number of nitrogens with zero attached hydrogens (tertiary/aromatic N) is 2. The quantitative estimate of drug-likeness (QED) is 0.865. The molecule has 2 rings (SSSR count). The van der Waals surface area contributed by atoms with Gasteiger partial charge in [-0.25, -0.2) is 0 Å². The molecule has 4 heteroatoms. The summed E-state index contributed by atoms with van der Waals surface area (Å²) < 4.78 is 7.16. The van der Waals surface area contributed by atoms with Gasteiger partial charge in [0, 0.05) is 36.7 Å². The number of ether oxygens (including phenoxy) is 1. The van der Waals surface area contributed by atoms with Crippen LogP contribution in [0.4, 0.5) is 5.69 Å². The molecule has 0 aliphatic carbocycles. The van der Waals surface area contributed by atoms with Crippen LogP contribution in [0.3, 0.4) is 0 Å². The van der Waals surface area contributed by atoms with Gasteiger partial charge < -0.3 is 10.1 Å². The summed E-state index contributed by atoms with van der Waals surface area (Å²) in [5.41, 5.74) is 3.47. The van der Waals surface area contributed by atoms with Gasteiger partial charge in [-0.3, -0.25) is 4.68 Å². The Balaban J connectivity index is 2.11. The number of anilines is 1. The van der Waals surface area contributed by atoms with Crippen LogP contribution in [0.15, 0.2) is 36.7 Å². The molecule has 19 heavy (non-hydrogen) atoms. The molecule has 0 aliphatic rings. The Bertz CT molecular complexity index is 522. The lowest BCUT2D eigenvalue weighted by Gasteiger charge is -2.16. The number of hydrogen-bond donors (Lipinski definition) is 1. The van der Waals surface area contributed by atoms with E-state index in [0.717, 1.165) is 12.2 Å². The van der Waals surface area contributed by atoms with Crippen molar-refractivity contribution in [2.24, 2.45) is 0 Å². The van der Waals surface area contributed by atoms with Gasteiger partial charge in [0.05, 0.1) is 18.8 Å². The highest BCUT2D eigenvalue weighted by Gasteiger charge is 2.09. The van der Waals surface area contributed by atoms with Gasteiger partial charge in [0.1, 0.15) is 0 Å². The largest absolute Gasteiger partial charge is 0.380 e. The van der Waals surface area contributed by atoms with Gasteiger partial charge in [-0.2, -0.15) is 5.10 Å². The Morgan fingerprint density at radius 3 is 2.84 bits per heavy atom. The maximum Gasteiger partial charge on any atom is 0.0733 e. The molecule has 1 aromatic carbocycles. The molecule has 0 amide bonds. The van der Waals surface area contributed by atoms with Crippen LogP contribution in [0.2, 0.25) is 0 Å². The van der Waals surface area contributed by atoms with Gasteiger partial charge in [-0.05, 0) is 19.9 Å². The molecule has 0 radical (unpaired) electrons. The van der Waals surface area contributed by atoms with Crippen molar-refractivity contribution >= 4 is 5.69 Å². The fraction of sp³-hybridized carbons (Fsp3) is 0.400. The van der Waals surface area contributed by atoms with Crippen molar-refractivity contribution in [2.45, 2.75) is 33.0 Å². The molecule has 2 aromatic rings. The van der Waals surface area contributed by atoms with E-state index in [4.69, 9.17) is 4.74 Å². The molecular formula is C15H21N3O. The maximum absolute atomic E-state index is 5.22. The Morgan fingerprint density at radius 1 is 1.37 bits per heavy atom. The first-order valence-corrected chi connectivity index (χ1v) is 6.60. The third-order valence-corrected chi connectivity index (χ3v) is 3.17. The van der Waals surface area contributed by atoms with E-state index >= 15 is 0 Å². The molecule has 0 saturated heterocycles. The zero-order chi connectivity index (χ0) is 13.7. The van der Waals surface area contributed by atoms with Crippen LogP contribution in [0.1, 0.15) is 31.0 Å². The van der Waals surface area contributed by atoms with Gasteiger partial charge in [-0.15, -0.1) is 0 Å². The molecule has 1 aromatic heterocycles. The summed E-state index contributed by atoms with van der Waals surface area (Å²) in [6.45, 7) is 5.74. The molecule has 0 spiro atoms. The molecule has 0 bridgehead atoms. The van der Waals surface area contributed by atoms with Crippen molar-refractivity contribution in [3.05, 3.63) is 47.8 Å². The van der Waals surface area contributed by atoms with Gasteiger partial charge in [0.2, 0.25) is 0 Å². The first-order chi connectivity index (χ1) is 9.24. The molecule has 4 nitrogen and oxygen atoms in total. The minimum Gasteiger partial charge on any atom is -0.380 e.